The molecule has 1 N–H and O–H groups in total. The number of hydrogen-bond acceptors (Lipinski definition) is 2. The zero-order valence-electron chi connectivity index (χ0n) is 17.4. The van der Waals surface area contributed by atoms with Gasteiger partial charge in [0.1, 0.15) is 0 Å². The van der Waals surface area contributed by atoms with Gasteiger partial charge in [0.25, 0.3) is 5.91 Å². The van der Waals surface area contributed by atoms with Crippen LogP contribution in [0.25, 0.3) is 0 Å². The van der Waals surface area contributed by atoms with Crippen molar-refractivity contribution < 1.29 is 4.79 Å². The molecule has 0 radical (unpaired) electrons. The molecular formula is C23H32N2O. The predicted octanol–water partition coefficient (Wildman–Crippen LogP) is 5.60. The fourth-order valence-corrected chi connectivity index (χ4v) is 2.67. The van der Waals surface area contributed by atoms with Gasteiger partial charge in [-0.1, -0.05) is 47.6 Å². The highest BCUT2D eigenvalue weighted by molar-refractivity contribution is 6.04. The number of amides is 1. The zero-order chi connectivity index (χ0) is 19.7. The number of carbonyl (C=O) groups excluding carboxylic acids is 1. The minimum Gasteiger partial charge on any atom is -0.378 e. The predicted molar refractivity (Wildman–Crippen MR) is 113 cm³/mol. The molecule has 0 aliphatic rings. The third-order valence-electron chi connectivity index (χ3n) is 4.57. The fraction of sp³-hybridized carbons (Fsp3) is 0.435. The van der Waals surface area contributed by atoms with Crippen molar-refractivity contribution in [1.82, 2.24) is 0 Å². The molecule has 0 saturated heterocycles. The summed E-state index contributed by atoms with van der Waals surface area (Å²) < 4.78 is 0. The van der Waals surface area contributed by atoms with Gasteiger partial charge < -0.3 is 10.2 Å². The van der Waals surface area contributed by atoms with Crippen LogP contribution in [0.5, 0.6) is 0 Å². The lowest BCUT2D eigenvalue weighted by Crippen LogP contribution is -2.20. The molecular weight excluding hydrogens is 320 g/mol. The molecule has 26 heavy (non-hydrogen) atoms. The molecule has 0 spiro atoms. The van der Waals surface area contributed by atoms with Gasteiger partial charge in [-0.05, 0) is 58.4 Å². The van der Waals surface area contributed by atoms with Gasteiger partial charge in [-0.15, -0.1) is 0 Å². The van der Waals surface area contributed by atoms with Crippen molar-refractivity contribution in [2.45, 2.75) is 52.4 Å². The van der Waals surface area contributed by atoms with Gasteiger partial charge in [-0.2, -0.15) is 0 Å². The van der Waals surface area contributed by atoms with Crippen molar-refractivity contribution in [3.8, 4) is 0 Å². The molecule has 0 aliphatic heterocycles. The molecule has 0 heterocycles. The molecule has 0 unspecified atom stereocenters. The van der Waals surface area contributed by atoms with Crippen LogP contribution >= 0.6 is 0 Å². The Labute approximate surface area is 158 Å². The first kappa shape index (κ1) is 20.0. The Hall–Kier alpha value is -2.29. The second kappa shape index (κ2) is 7.14. The summed E-state index contributed by atoms with van der Waals surface area (Å²) in [5.41, 5.74) is 4.95. The number of nitrogens with one attached hydrogen (secondary N) is 1. The summed E-state index contributed by atoms with van der Waals surface area (Å²) in [7, 11) is 4.00. The Morgan fingerprint density at radius 1 is 0.808 bits per heavy atom. The number of hydrogen-bond donors (Lipinski definition) is 1. The number of anilines is 2. The molecule has 1 amide bonds. The van der Waals surface area contributed by atoms with E-state index in [1.165, 1.54) is 11.1 Å². The minimum atomic E-state index is -0.0702. The lowest BCUT2D eigenvalue weighted by molar-refractivity contribution is 0.102. The quantitative estimate of drug-likeness (QED) is 0.780. The molecule has 2 aromatic rings. The van der Waals surface area contributed by atoms with Gasteiger partial charge in [-0.25, -0.2) is 0 Å². The monoisotopic (exact) mass is 352 g/mol. The molecule has 0 aromatic heterocycles. The highest BCUT2D eigenvalue weighted by Gasteiger charge is 2.22. The van der Waals surface area contributed by atoms with E-state index in [4.69, 9.17) is 0 Å². The van der Waals surface area contributed by atoms with E-state index in [0.717, 1.165) is 11.4 Å². The maximum Gasteiger partial charge on any atom is 0.255 e. The van der Waals surface area contributed by atoms with Crippen molar-refractivity contribution in [2.75, 3.05) is 24.3 Å². The van der Waals surface area contributed by atoms with Crippen LogP contribution < -0.4 is 10.2 Å². The van der Waals surface area contributed by atoms with Crippen LogP contribution in [0, 0.1) is 0 Å². The second-order valence-corrected chi connectivity index (χ2v) is 9.19. The highest BCUT2D eigenvalue weighted by Crippen LogP contribution is 2.30. The van der Waals surface area contributed by atoms with E-state index < -0.39 is 0 Å². The average Bonchev–Trinajstić information content (AvgIpc) is 2.53. The molecule has 2 aromatic carbocycles. The van der Waals surface area contributed by atoms with Gasteiger partial charge in [0, 0.05) is 31.0 Å². The van der Waals surface area contributed by atoms with Crippen LogP contribution in [0.3, 0.4) is 0 Å². The number of nitrogens with zero attached hydrogens (tertiary/aromatic N) is 1. The van der Waals surface area contributed by atoms with E-state index in [-0.39, 0.29) is 16.7 Å². The molecule has 3 nitrogen and oxygen atoms in total. The zero-order valence-corrected chi connectivity index (χ0v) is 17.4. The smallest absolute Gasteiger partial charge is 0.255 e. The van der Waals surface area contributed by atoms with Gasteiger partial charge in [0.15, 0.2) is 0 Å². The molecule has 0 atom stereocenters. The Morgan fingerprint density at radius 3 is 1.65 bits per heavy atom. The van der Waals surface area contributed by atoms with Crippen molar-refractivity contribution in [3.63, 3.8) is 0 Å². The maximum absolute atomic E-state index is 12.9. The van der Waals surface area contributed by atoms with E-state index in [0.29, 0.717) is 5.56 Å². The fourth-order valence-electron chi connectivity index (χ4n) is 2.67. The van der Waals surface area contributed by atoms with E-state index in [2.05, 4.69) is 52.9 Å². The van der Waals surface area contributed by atoms with Crippen LogP contribution in [-0.4, -0.2) is 20.0 Å². The SMILES string of the molecule is CN(C)c1ccc(NC(=O)c2cc(C(C)(C)C)cc(C(C)(C)C)c2)cc1. The summed E-state index contributed by atoms with van der Waals surface area (Å²) in [6.45, 7) is 13.1. The largest absolute Gasteiger partial charge is 0.378 e. The van der Waals surface area contributed by atoms with Crippen molar-refractivity contribution in [2.24, 2.45) is 0 Å². The Kier molecular flexibility index (Phi) is 5.50. The van der Waals surface area contributed by atoms with Crippen LogP contribution in [-0.2, 0) is 10.8 Å². The summed E-state index contributed by atoms with van der Waals surface area (Å²) in [5, 5.41) is 3.02. The summed E-state index contributed by atoms with van der Waals surface area (Å²) in [5.74, 6) is -0.0702. The van der Waals surface area contributed by atoms with Gasteiger partial charge in [0.2, 0.25) is 0 Å². The lowest BCUT2D eigenvalue weighted by Gasteiger charge is -2.26. The van der Waals surface area contributed by atoms with Gasteiger partial charge in [-0.3, -0.25) is 4.79 Å². The summed E-state index contributed by atoms with van der Waals surface area (Å²) in [4.78, 5) is 14.9. The number of carbonyl (C=O) groups is 1. The van der Waals surface area contributed by atoms with Gasteiger partial charge in [0.05, 0.1) is 0 Å². The second-order valence-electron chi connectivity index (χ2n) is 9.19. The van der Waals surface area contributed by atoms with E-state index in [1.807, 2.05) is 55.4 Å². The third kappa shape index (κ3) is 4.87. The van der Waals surface area contributed by atoms with Crippen molar-refractivity contribution in [3.05, 3.63) is 59.2 Å². The molecule has 0 fully saturated rings. The van der Waals surface area contributed by atoms with Crippen LogP contribution in [0.15, 0.2) is 42.5 Å². The molecule has 0 aliphatic carbocycles. The normalized spacial score (nSPS) is 12.0. The first-order valence-corrected chi connectivity index (χ1v) is 9.13. The topological polar surface area (TPSA) is 32.3 Å². The summed E-state index contributed by atoms with van der Waals surface area (Å²) in [6, 6.07) is 14.1. The molecule has 0 bridgehead atoms. The van der Waals surface area contributed by atoms with E-state index >= 15 is 0 Å². The Balaban J connectivity index is 2.35. The maximum atomic E-state index is 12.9. The Bertz CT molecular complexity index is 743. The van der Waals surface area contributed by atoms with Crippen molar-refractivity contribution >= 4 is 17.3 Å². The molecule has 0 saturated carbocycles. The van der Waals surface area contributed by atoms with Crippen LogP contribution in [0.1, 0.15) is 63.0 Å². The third-order valence-corrected chi connectivity index (χ3v) is 4.57. The van der Waals surface area contributed by atoms with Crippen LogP contribution in [0.4, 0.5) is 11.4 Å². The molecule has 3 heteroatoms. The first-order chi connectivity index (χ1) is 11.9. The minimum absolute atomic E-state index is 0.0103. The summed E-state index contributed by atoms with van der Waals surface area (Å²) in [6.07, 6.45) is 0. The van der Waals surface area contributed by atoms with Crippen LogP contribution in [0.2, 0.25) is 0 Å². The standard InChI is InChI=1S/C23H32N2O/c1-22(2,3)17-13-16(14-18(15-17)23(4,5)6)21(26)24-19-9-11-20(12-10-19)25(7)8/h9-15H,1-8H3,(H,24,26). The van der Waals surface area contributed by atoms with E-state index in [9.17, 15) is 4.79 Å². The van der Waals surface area contributed by atoms with E-state index in [1.54, 1.807) is 0 Å². The number of benzene rings is 2. The highest BCUT2D eigenvalue weighted by atomic mass is 16.1. The average molecular weight is 353 g/mol. The van der Waals surface area contributed by atoms with Gasteiger partial charge >= 0.3 is 0 Å². The molecule has 2 rings (SSSR count). The van der Waals surface area contributed by atoms with Crippen molar-refractivity contribution in [1.29, 1.82) is 0 Å². The lowest BCUT2D eigenvalue weighted by atomic mass is 9.79. The summed E-state index contributed by atoms with van der Waals surface area (Å²) >= 11 is 0. The number of rotatable bonds is 3. The Morgan fingerprint density at radius 2 is 1.27 bits per heavy atom. The molecule has 140 valence electrons. The first-order valence-electron chi connectivity index (χ1n) is 9.13.